The van der Waals surface area contributed by atoms with Gasteiger partial charge in [0.1, 0.15) is 18.2 Å². The van der Waals surface area contributed by atoms with Crippen LogP contribution in [0.3, 0.4) is 0 Å². The summed E-state index contributed by atoms with van der Waals surface area (Å²) >= 11 is 11.6. The molecule has 2 nitrogen and oxygen atoms in total. The summed E-state index contributed by atoms with van der Waals surface area (Å²) in [4.78, 5) is 11.8. The smallest absolute Gasteiger partial charge is 0.174 e. The van der Waals surface area contributed by atoms with Crippen molar-refractivity contribution in [2.45, 2.75) is 6.42 Å². The molecule has 0 saturated carbocycles. The standard InChI is InChI=1S/C15H11Cl2FO2/c16-10-4-6-12(7-5-10)20-9-11(19)8-13-14(17)2-1-3-15(13)18/h1-7H,8-9H2. The van der Waals surface area contributed by atoms with E-state index in [-0.39, 0.29) is 29.4 Å². The van der Waals surface area contributed by atoms with Crippen LogP contribution in [0, 0.1) is 5.82 Å². The highest BCUT2D eigenvalue weighted by atomic mass is 35.5. The van der Waals surface area contributed by atoms with Crippen LogP contribution < -0.4 is 4.74 Å². The molecular formula is C15H11Cl2FO2. The number of benzene rings is 2. The SMILES string of the molecule is O=C(COc1ccc(Cl)cc1)Cc1c(F)cccc1Cl. The van der Waals surface area contributed by atoms with Crippen molar-refractivity contribution in [3.8, 4) is 5.75 Å². The Labute approximate surface area is 126 Å². The summed E-state index contributed by atoms with van der Waals surface area (Å²) in [5.41, 5.74) is 0.193. The number of carbonyl (C=O) groups is 1. The number of ether oxygens (including phenoxy) is 1. The molecule has 2 rings (SSSR count). The Morgan fingerprint density at radius 3 is 2.45 bits per heavy atom. The molecule has 0 aromatic heterocycles. The van der Waals surface area contributed by atoms with Crippen LogP contribution in [-0.4, -0.2) is 12.4 Å². The van der Waals surface area contributed by atoms with E-state index < -0.39 is 5.82 Å². The molecule has 0 unspecified atom stereocenters. The average Bonchev–Trinajstić information content (AvgIpc) is 2.42. The van der Waals surface area contributed by atoms with E-state index in [1.54, 1.807) is 30.3 Å². The van der Waals surface area contributed by atoms with Gasteiger partial charge in [-0.3, -0.25) is 4.79 Å². The highest BCUT2D eigenvalue weighted by Crippen LogP contribution is 2.20. The van der Waals surface area contributed by atoms with Gasteiger partial charge in [0.15, 0.2) is 5.78 Å². The van der Waals surface area contributed by atoms with Crippen LogP contribution >= 0.6 is 23.2 Å². The summed E-state index contributed by atoms with van der Waals surface area (Å²) in [6.45, 7) is -0.147. The third-order valence-corrected chi connectivity index (χ3v) is 3.26. The fourth-order valence-corrected chi connectivity index (χ4v) is 2.00. The van der Waals surface area contributed by atoms with E-state index in [1.807, 2.05) is 0 Å². The lowest BCUT2D eigenvalue weighted by molar-refractivity contribution is -0.120. The molecule has 0 N–H and O–H groups in total. The Kier molecular flexibility index (Phi) is 4.99. The van der Waals surface area contributed by atoms with E-state index >= 15 is 0 Å². The molecule has 20 heavy (non-hydrogen) atoms. The van der Waals surface area contributed by atoms with Crippen molar-refractivity contribution in [2.24, 2.45) is 0 Å². The van der Waals surface area contributed by atoms with Crippen molar-refractivity contribution in [1.29, 1.82) is 0 Å². The lowest BCUT2D eigenvalue weighted by atomic mass is 10.1. The van der Waals surface area contributed by atoms with E-state index in [2.05, 4.69) is 0 Å². The van der Waals surface area contributed by atoms with Gasteiger partial charge in [0.05, 0.1) is 0 Å². The fourth-order valence-electron chi connectivity index (χ4n) is 1.64. The number of Topliss-reactive ketones (excluding diaryl/α,β-unsaturated/α-hetero) is 1. The number of carbonyl (C=O) groups excluding carboxylic acids is 1. The molecule has 0 saturated heterocycles. The van der Waals surface area contributed by atoms with Crippen LogP contribution in [0.1, 0.15) is 5.56 Å². The second-order valence-electron chi connectivity index (χ2n) is 4.16. The number of rotatable bonds is 5. The van der Waals surface area contributed by atoms with E-state index in [1.165, 1.54) is 12.1 Å². The van der Waals surface area contributed by atoms with E-state index in [4.69, 9.17) is 27.9 Å². The molecule has 0 radical (unpaired) electrons. The molecule has 0 aliphatic rings. The number of hydrogen-bond acceptors (Lipinski definition) is 2. The lowest BCUT2D eigenvalue weighted by Gasteiger charge is -2.07. The molecule has 104 valence electrons. The summed E-state index contributed by atoms with van der Waals surface area (Å²) in [5.74, 6) is -0.216. The molecule has 2 aromatic carbocycles. The number of hydrogen-bond donors (Lipinski definition) is 0. The quantitative estimate of drug-likeness (QED) is 0.821. The van der Waals surface area contributed by atoms with Gasteiger partial charge in [-0.05, 0) is 36.4 Å². The van der Waals surface area contributed by atoms with Crippen molar-refractivity contribution >= 4 is 29.0 Å². The predicted molar refractivity (Wildman–Crippen MR) is 77.1 cm³/mol. The van der Waals surface area contributed by atoms with Crippen molar-refractivity contribution in [3.63, 3.8) is 0 Å². The summed E-state index contributed by atoms with van der Waals surface area (Å²) in [7, 11) is 0. The maximum atomic E-state index is 13.5. The Bertz CT molecular complexity index is 592. The first-order chi connectivity index (χ1) is 9.56. The number of ketones is 1. The van der Waals surface area contributed by atoms with E-state index in [0.717, 1.165) is 0 Å². The molecule has 0 aliphatic carbocycles. The normalized spacial score (nSPS) is 10.3. The zero-order valence-electron chi connectivity index (χ0n) is 10.4. The zero-order valence-corrected chi connectivity index (χ0v) is 11.9. The van der Waals surface area contributed by atoms with Gasteiger partial charge in [-0.15, -0.1) is 0 Å². The number of halogens is 3. The Balaban J connectivity index is 1.94. The van der Waals surface area contributed by atoms with Crippen LogP contribution in [0.5, 0.6) is 5.75 Å². The first-order valence-electron chi connectivity index (χ1n) is 5.89. The summed E-state index contributed by atoms with van der Waals surface area (Å²) in [6, 6.07) is 11.0. The third kappa shape index (κ3) is 3.95. The molecule has 2 aromatic rings. The Morgan fingerprint density at radius 1 is 1.10 bits per heavy atom. The van der Waals surface area contributed by atoms with Crippen molar-refractivity contribution in [3.05, 3.63) is 63.9 Å². The molecule has 0 fully saturated rings. The molecule has 0 atom stereocenters. The summed E-state index contributed by atoms with van der Waals surface area (Å²) in [6.07, 6.45) is -0.0981. The van der Waals surface area contributed by atoms with Gasteiger partial charge in [-0.25, -0.2) is 4.39 Å². The zero-order chi connectivity index (χ0) is 14.5. The predicted octanol–water partition coefficient (Wildman–Crippen LogP) is 4.32. The monoisotopic (exact) mass is 312 g/mol. The molecular weight excluding hydrogens is 302 g/mol. The Morgan fingerprint density at radius 2 is 1.80 bits per heavy atom. The van der Waals surface area contributed by atoms with Gasteiger partial charge < -0.3 is 4.74 Å². The second kappa shape index (κ2) is 6.73. The maximum absolute atomic E-state index is 13.5. The van der Waals surface area contributed by atoms with Crippen LogP contribution in [0.4, 0.5) is 4.39 Å². The highest BCUT2D eigenvalue weighted by Gasteiger charge is 2.12. The third-order valence-electron chi connectivity index (χ3n) is 2.65. The summed E-state index contributed by atoms with van der Waals surface area (Å²) < 4.78 is 18.8. The fraction of sp³-hybridized carbons (Fsp3) is 0.133. The van der Waals surface area contributed by atoms with Crippen molar-refractivity contribution < 1.29 is 13.9 Å². The van der Waals surface area contributed by atoms with Gasteiger partial charge in [0.25, 0.3) is 0 Å². The first kappa shape index (κ1) is 14.8. The van der Waals surface area contributed by atoms with Crippen molar-refractivity contribution in [2.75, 3.05) is 6.61 Å². The van der Waals surface area contributed by atoms with Gasteiger partial charge in [0.2, 0.25) is 0 Å². The van der Waals surface area contributed by atoms with Crippen LogP contribution in [-0.2, 0) is 11.2 Å². The summed E-state index contributed by atoms with van der Waals surface area (Å²) in [5, 5.41) is 0.826. The second-order valence-corrected chi connectivity index (χ2v) is 5.00. The van der Waals surface area contributed by atoms with Gasteiger partial charge in [-0.1, -0.05) is 29.3 Å². The minimum Gasteiger partial charge on any atom is -0.486 e. The maximum Gasteiger partial charge on any atom is 0.174 e. The molecule has 5 heteroatoms. The van der Waals surface area contributed by atoms with Crippen LogP contribution in [0.15, 0.2) is 42.5 Å². The van der Waals surface area contributed by atoms with Gasteiger partial charge in [0, 0.05) is 22.0 Å². The first-order valence-corrected chi connectivity index (χ1v) is 6.65. The molecule has 0 amide bonds. The minimum absolute atomic E-state index is 0.0981. The Hall–Kier alpha value is -1.58. The molecule has 0 bridgehead atoms. The van der Waals surface area contributed by atoms with E-state index in [9.17, 15) is 9.18 Å². The van der Waals surface area contributed by atoms with Gasteiger partial charge in [-0.2, -0.15) is 0 Å². The molecule has 0 spiro atoms. The average molecular weight is 313 g/mol. The van der Waals surface area contributed by atoms with Gasteiger partial charge >= 0.3 is 0 Å². The largest absolute Gasteiger partial charge is 0.486 e. The topological polar surface area (TPSA) is 26.3 Å². The lowest BCUT2D eigenvalue weighted by Crippen LogP contribution is -2.14. The van der Waals surface area contributed by atoms with Crippen molar-refractivity contribution in [1.82, 2.24) is 0 Å². The van der Waals surface area contributed by atoms with Crippen LogP contribution in [0.25, 0.3) is 0 Å². The highest BCUT2D eigenvalue weighted by molar-refractivity contribution is 6.31. The molecule has 0 aliphatic heterocycles. The van der Waals surface area contributed by atoms with E-state index in [0.29, 0.717) is 10.8 Å². The van der Waals surface area contributed by atoms with Crippen LogP contribution in [0.2, 0.25) is 10.0 Å². The molecule has 0 heterocycles. The minimum atomic E-state index is -0.489.